The molecule has 1 unspecified atom stereocenters. The lowest BCUT2D eigenvalue weighted by Crippen LogP contribution is -2.16. The molecule has 0 aliphatic carbocycles. The molecule has 1 atom stereocenters. The van der Waals surface area contributed by atoms with Crippen LogP contribution in [0.3, 0.4) is 0 Å². The van der Waals surface area contributed by atoms with Gasteiger partial charge in [-0.3, -0.25) is 0 Å². The monoisotopic (exact) mass is 310 g/mol. The van der Waals surface area contributed by atoms with E-state index in [0.29, 0.717) is 18.6 Å². The molecule has 2 nitrogen and oxygen atoms in total. The first-order valence-electron chi connectivity index (χ1n) is 8.89. The minimum atomic E-state index is -0.0679. The quantitative estimate of drug-likeness (QED) is 0.312. The summed E-state index contributed by atoms with van der Waals surface area (Å²) in [5.74, 6) is 0. The Labute approximate surface area is 139 Å². The maximum absolute atomic E-state index is 5.74. The average molecular weight is 311 g/mol. The molecule has 0 N–H and O–H groups in total. The highest BCUT2D eigenvalue weighted by Crippen LogP contribution is 2.30. The van der Waals surface area contributed by atoms with Gasteiger partial charge in [0.15, 0.2) is 6.29 Å². The predicted molar refractivity (Wildman–Crippen MR) is 97.1 cm³/mol. The highest BCUT2D eigenvalue weighted by molar-refractivity contribution is 5.05. The second kappa shape index (κ2) is 11.9. The van der Waals surface area contributed by atoms with E-state index in [1.165, 1.54) is 24.0 Å². The number of ether oxygens (including phenoxy) is 2. The zero-order chi connectivity index (χ0) is 17.0. The zero-order valence-electron chi connectivity index (χ0n) is 16.0. The molecule has 0 aromatic heterocycles. The molecule has 0 aliphatic rings. The Kier molecular flexibility index (Phi) is 11.6. The van der Waals surface area contributed by atoms with Crippen molar-refractivity contribution in [2.45, 2.75) is 86.9 Å². The molecule has 0 radical (unpaired) electrons. The Morgan fingerprint density at radius 3 is 2.23 bits per heavy atom. The van der Waals surface area contributed by atoms with Crippen LogP contribution >= 0.6 is 0 Å². The first-order valence-corrected chi connectivity index (χ1v) is 8.89. The van der Waals surface area contributed by atoms with Gasteiger partial charge in [0.25, 0.3) is 0 Å². The summed E-state index contributed by atoms with van der Waals surface area (Å²) in [6, 6.07) is 0. The van der Waals surface area contributed by atoms with Crippen LogP contribution in [0.15, 0.2) is 23.3 Å². The van der Waals surface area contributed by atoms with E-state index in [1.807, 2.05) is 6.92 Å². The van der Waals surface area contributed by atoms with E-state index in [4.69, 9.17) is 9.47 Å². The Morgan fingerprint density at radius 1 is 1.00 bits per heavy atom. The van der Waals surface area contributed by atoms with Crippen LogP contribution in [-0.4, -0.2) is 19.5 Å². The van der Waals surface area contributed by atoms with Crippen LogP contribution in [0.2, 0.25) is 0 Å². The van der Waals surface area contributed by atoms with E-state index in [-0.39, 0.29) is 6.29 Å². The lowest BCUT2D eigenvalue weighted by molar-refractivity contribution is -0.132. The van der Waals surface area contributed by atoms with Crippen molar-refractivity contribution in [1.82, 2.24) is 0 Å². The van der Waals surface area contributed by atoms with Gasteiger partial charge in [0.05, 0.1) is 6.61 Å². The molecule has 0 amide bonds. The van der Waals surface area contributed by atoms with Gasteiger partial charge in [0.1, 0.15) is 0 Å². The summed E-state index contributed by atoms with van der Waals surface area (Å²) in [5.41, 5.74) is 3.22. The van der Waals surface area contributed by atoms with Gasteiger partial charge in [-0.05, 0) is 51.9 Å². The molecule has 0 aromatic carbocycles. The van der Waals surface area contributed by atoms with E-state index >= 15 is 0 Å². The fourth-order valence-electron chi connectivity index (χ4n) is 2.61. The second-order valence-corrected chi connectivity index (χ2v) is 7.02. The zero-order valence-corrected chi connectivity index (χ0v) is 16.0. The number of rotatable bonds is 12. The largest absolute Gasteiger partial charge is 0.353 e. The van der Waals surface area contributed by atoms with Crippen molar-refractivity contribution in [2.24, 2.45) is 5.41 Å². The summed E-state index contributed by atoms with van der Waals surface area (Å²) < 4.78 is 11.2. The Bertz CT molecular complexity index is 340. The minimum absolute atomic E-state index is 0.0679. The van der Waals surface area contributed by atoms with Crippen molar-refractivity contribution in [3.8, 4) is 0 Å². The molecule has 22 heavy (non-hydrogen) atoms. The first-order chi connectivity index (χ1) is 10.3. The highest BCUT2D eigenvalue weighted by Gasteiger charge is 2.17. The van der Waals surface area contributed by atoms with Crippen molar-refractivity contribution in [1.29, 1.82) is 0 Å². The highest BCUT2D eigenvalue weighted by atomic mass is 16.7. The summed E-state index contributed by atoms with van der Waals surface area (Å²) in [7, 11) is 0. The van der Waals surface area contributed by atoms with Gasteiger partial charge in [0, 0.05) is 6.61 Å². The van der Waals surface area contributed by atoms with E-state index in [0.717, 1.165) is 19.3 Å². The normalized spacial score (nSPS) is 15.2. The summed E-state index contributed by atoms with van der Waals surface area (Å²) in [5, 5.41) is 0. The van der Waals surface area contributed by atoms with Crippen LogP contribution in [0.25, 0.3) is 0 Å². The molecule has 0 saturated heterocycles. The number of allylic oxidation sites excluding steroid dienone is 3. The molecule has 0 saturated carbocycles. The van der Waals surface area contributed by atoms with Crippen LogP contribution in [0.4, 0.5) is 0 Å². The van der Waals surface area contributed by atoms with Crippen molar-refractivity contribution in [3.63, 3.8) is 0 Å². The number of hydrogen-bond donors (Lipinski definition) is 0. The smallest absolute Gasteiger partial charge is 0.157 e. The third-order valence-corrected chi connectivity index (χ3v) is 3.80. The van der Waals surface area contributed by atoms with E-state index in [9.17, 15) is 0 Å². The molecule has 0 aromatic rings. The molecule has 0 rings (SSSR count). The van der Waals surface area contributed by atoms with Crippen LogP contribution < -0.4 is 0 Å². The summed E-state index contributed by atoms with van der Waals surface area (Å²) >= 11 is 0. The standard InChI is InChI=1S/C20H38O2/c1-8-11-17(4)12-14-20(6,7)16-18(5)13-15-22-19(9-2)21-10-3/h12-13,19H,8-11,14-16H2,1-7H3/b17-12+,18-13+. The van der Waals surface area contributed by atoms with Crippen LogP contribution in [0.1, 0.15) is 80.6 Å². The Morgan fingerprint density at radius 2 is 1.68 bits per heavy atom. The van der Waals surface area contributed by atoms with Crippen LogP contribution in [0.5, 0.6) is 0 Å². The van der Waals surface area contributed by atoms with Crippen LogP contribution in [0, 0.1) is 5.41 Å². The summed E-state index contributed by atoms with van der Waals surface area (Å²) in [6.07, 6.45) is 10.1. The SMILES string of the molecule is CCC/C(C)=C/CC(C)(C)C/C(C)=C/COC(CC)OCC. The van der Waals surface area contributed by atoms with Gasteiger partial charge >= 0.3 is 0 Å². The topological polar surface area (TPSA) is 18.5 Å². The van der Waals surface area contributed by atoms with Gasteiger partial charge in [0.2, 0.25) is 0 Å². The Balaban J connectivity index is 4.28. The minimum Gasteiger partial charge on any atom is -0.353 e. The Hall–Kier alpha value is -0.600. The molecule has 0 aliphatic heterocycles. The molecule has 2 heteroatoms. The van der Waals surface area contributed by atoms with Crippen molar-refractivity contribution >= 4 is 0 Å². The maximum Gasteiger partial charge on any atom is 0.157 e. The molecule has 0 bridgehead atoms. The summed E-state index contributed by atoms with van der Waals surface area (Å²) in [4.78, 5) is 0. The van der Waals surface area contributed by atoms with Crippen molar-refractivity contribution in [3.05, 3.63) is 23.3 Å². The molecular formula is C20H38O2. The lowest BCUT2D eigenvalue weighted by atomic mass is 9.82. The van der Waals surface area contributed by atoms with Gasteiger partial charge in [-0.2, -0.15) is 0 Å². The molecular weight excluding hydrogens is 272 g/mol. The lowest BCUT2D eigenvalue weighted by Gasteiger charge is -2.24. The molecule has 0 fully saturated rings. The third kappa shape index (κ3) is 11.0. The fraction of sp³-hybridized carbons (Fsp3) is 0.800. The van der Waals surface area contributed by atoms with Gasteiger partial charge in [-0.25, -0.2) is 0 Å². The fourth-order valence-corrected chi connectivity index (χ4v) is 2.61. The van der Waals surface area contributed by atoms with E-state index in [1.54, 1.807) is 0 Å². The van der Waals surface area contributed by atoms with Crippen molar-refractivity contribution < 1.29 is 9.47 Å². The predicted octanol–water partition coefficient (Wildman–Crippen LogP) is 6.27. The molecule has 0 spiro atoms. The van der Waals surface area contributed by atoms with E-state index < -0.39 is 0 Å². The van der Waals surface area contributed by atoms with Crippen LogP contribution in [-0.2, 0) is 9.47 Å². The average Bonchev–Trinajstić information content (AvgIpc) is 2.44. The third-order valence-electron chi connectivity index (χ3n) is 3.80. The van der Waals surface area contributed by atoms with Crippen molar-refractivity contribution in [2.75, 3.05) is 13.2 Å². The molecule has 130 valence electrons. The van der Waals surface area contributed by atoms with Gasteiger partial charge in [-0.1, -0.05) is 57.4 Å². The maximum atomic E-state index is 5.74. The summed E-state index contributed by atoms with van der Waals surface area (Å²) in [6.45, 7) is 16.8. The van der Waals surface area contributed by atoms with Gasteiger partial charge < -0.3 is 9.47 Å². The molecule has 0 heterocycles. The first kappa shape index (κ1) is 21.4. The second-order valence-electron chi connectivity index (χ2n) is 7.02. The van der Waals surface area contributed by atoms with Gasteiger partial charge in [-0.15, -0.1) is 0 Å². The van der Waals surface area contributed by atoms with E-state index in [2.05, 4.69) is 53.7 Å². The number of hydrogen-bond acceptors (Lipinski definition) is 2.